The summed E-state index contributed by atoms with van der Waals surface area (Å²) in [5, 5.41) is 10.4. The third-order valence-corrected chi connectivity index (χ3v) is 3.39. The Morgan fingerprint density at radius 1 is 1.29 bits per heavy atom. The Kier molecular flexibility index (Phi) is 6.71. The van der Waals surface area contributed by atoms with Crippen molar-refractivity contribution in [1.29, 1.82) is 0 Å². The molecule has 8 heteroatoms. The Labute approximate surface area is 141 Å². The first-order valence-corrected chi connectivity index (χ1v) is 7.66. The van der Waals surface area contributed by atoms with E-state index >= 15 is 0 Å². The highest BCUT2D eigenvalue weighted by Crippen LogP contribution is 2.20. The smallest absolute Gasteiger partial charge is 0.321 e. The van der Waals surface area contributed by atoms with E-state index in [1.165, 1.54) is 6.39 Å². The number of likely N-dealkylation sites (N-methyl/N-ethyl adjacent to an activating group) is 1. The van der Waals surface area contributed by atoms with Gasteiger partial charge >= 0.3 is 6.03 Å². The van der Waals surface area contributed by atoms with Crippen LogP contribution in [0.3, 0.4) is 0 Å². The van der Waals surface area contributed by atoms with Crippen molar-refractivity contribution in [3.8, 4) is 11.5 Å². The van der Waals surface area contributed by atoms with Crippen LogP contribution in [0.1, 0.15) is 0 Å². The molecule has 0 radical (unpaired) electrons. The van der Waals surface area contributed by atoms with Crippen molar-refractivity contribution in [2.75, 3.05) is 52.8 Å². The number of rotatable bonds is 8. The zero-order chi connectivity index (χ0) is 17.4. The number of nitrogens with one attached hydrogen (secondary N) is 1. The molecule has 8 nitrogen and oxygen atoms in total. The molecule has 0 saturated heterocycles. The summed E-state index contributed by atoms with van der Waals surface area (Å²) >= 11 is 0. The summed E-state index contributed by atoms with van der Waals surface area (Å²) in [6, 6.07) is 7.12. The van der Waals surface area contributed by atoms with Gasteiger partial charge < -0.3 is 24.3 Å². The molecule has 130 valence electrons. The minimum atomic E-state index is -0.170. The Hall–Kier alpha value is -2.45. The lowest BCUT2D eigenvalue weighted by Gasteiger charge is -2.24. The number of nitrogens with zero attached hydrogens (tertiary/aromatic N) is 4. The van der Waals surface area contributed by atoms with Gasteiger partial charge in [-0.05, 0) is 32.3 Å². The molecule has 0 fully saturated rings. The number of amides is 2. The maximum Gasteiger partial charge on any atom is 0.321 e. The molecule has 0 atom stereocenters. The van der Waals surface area contributed by atoms with Crippen molar-refractivity contribution in [3.05, 3.63) is 30.7 Å². The van der Waals surface area contributed by atoms with Gasteiger partial charge in [-0.1, -0.05) is 6.07 Å². The molecule has 1 aromatic heterocycles. The molecule has 2 rings (SSSR count). The minimum absolute atomic E-state index is 0.170. The van der Waals surface area contributed by atoms with Crippen LogP contribution in [-0.2, 0) is 4.74 Å². The quantitative estimate of drug-likeness (QED) is 0.793. The molecule has 1 heterocycles. The lowest BCUT2D eigenvalue weighted by atomic mass is 10.2. The van der Waals surface area contributed by atoms with Crippen molar-refractivity contribution < 1.29 is 13.9 Å². The number of anilines is 1. The molecule has 1 aromatic carbocycles. The van der Waals surface area contributed by atoms with Crippen molar-refractivity contribution >= 4 is 11.7 Å². The van der Waals surface area contributed by atoms with E-state index in [-0.39, 0.29) is 6.03 Å². The topological polar surface area (TPSA) is 83.7 Å². The second kappa shape index (κ2) is 8.99. The zero-order valence-electron chi connectivity index (χ0n) is 14.2. The number of methoxy groups -OCH3 is 1. The number of aromatic nitrogens is 2. The molecule has 0 aliphatic heterocycles. The molecule has 2 aromatic rings. The molecule has 1 N–H and O–H groups in total. The second-order valence-electron chi connectivity index (χ2n) is 5.54. The summed E-state index contributed by atoms with van der Waals surface area (Å²) in [7, 11) is 5.57. The third-order valence-electron chi connectivity index (χ3n) is 3.39. The lowest BCUT2D eigenvalue weighted by molar-refractivity contribution is 0.151. The van der Waals surface area contributed by atoms with Crippen LogP contribution >= 0.6 is 0 Å². The summed E-state index contributed by atoms with van der Waals surface area (Å²) in [5.74, 6) is 0.412. The van der Waals surface area contributed by atoms with E-state index in [0.29, 0.717) is 31.3 Å². The Morgan fingerprint density at radius 3 is 2.79 bits per heavy atom. The van der Waals surface area contributed by atoms with Gasteiger partial charge in [-0.2, -0.15) is 0 Å². The van der Waals surface area contributed by atoms with Crippen molar-refractivity contribution in [2.24, 2.45) is 0 Å². The summed E-state index contributed by atoms with van der Waals surface area (Å²) < 4.78 is 10.3. The van der Waals surface area contributed by atoms with Crippen molar-refractivity contribution in [2.45, 2.75) is 0 Å². The predicted octanol–water partition coefficient (Wildman–Crippen LogP) is 1.78. The average molecular weight is 333 g/mol. The standard InChI is InChI=1S/C16H23N5O3/c1-20(2)7-8-21(9-10-23-3)16(22)18-14-6-4-5-13(11-14)15-19-17-12-24-15/h4-6,11-12H,7-10H2,1-3H3,(H,18,22). The van der Waals surface area contributed by atoms with E-state index in [2.05, 4.69) is 15.5 Å². The fourth-order valence-corrected chi connectivity index (χ4v) is 2.07. The molecule has 2 amide bonds. The van der Waals surface area contributed by atoms with Crippen LogP contribution in [-0.4, -0.2) is 73.5 Å². The first kappa shape index (κ1) is 17.9. The predicted molar refractivity (Wildman–Crippen MR) is 90.8 cm³/mol. The fourth-order valence-electron chi connectivity index (χ4n) is 2.07. The molecular weight excluding hydrogens is 310 g/mol. The van der Waals surface area contributed by atoms with Gasteiger partial charge in [0, 0.05) is 38.0 Å². The van der Waals surface area contributed by atoms with Gasteiger partial charge in [-0.25, -0.2) is 4.79 Å². The van der Waals surface area contributed by atoms with Crippen LogP contribution in [0.2, 0.25) is 0 Å². The van der Waals surface area contributed by atoms with E-state index in [1.54, 1.807) is 18.1 Å². The zero-order valence-corrected chi connectivity index (χ0v) is 14.2. The van der Waals surface area contributed by atoms with E-state index in [1.807, 2.05) is 37.2 Å². The average Bonchev–Trinajstić information content (AvgIpc) is 3.09. The maximum atomic E-state index is 12.5. The van der Waals surface area contributed by atoms with Gasteiger partial charge in [0.2, 0.25) is 12.3 Å². The molecule has 24 heavy (non-hydrogen) atoms. The largest absolute Gasteiger partial charge is 0.423 e. The van der Waals surface area contributed by atoms with Crippen molar-refractivity contribution in [3.63, 3.8) is 0 Å². The van der Waals surface area contributed by atoms with E-state index in [4.69, 9.17) is 9.15 Å². The fraction of sp³-hybridized carbons (Fsp3) is 0.438. The first-order valence-electron chi connectivity index (χ1n) is 7.66. The highest BCUT2D eigenvalue weighted by Gasteiger charge is 2.14. The molecule has 0 saturated carbocycles. The van der Waals surface area contributed by atoms with Crippen LogP contribution in [0.4, 0.5) is 10.5 Å². The third kappa shape index (κ3) is 5.32. The normalized spacial score (nSPS) is 10.8. The number of carbonyl (C=O) groups is 1. The summed E-state index contributed by atoms with van der Waals surface area (Å²) in [6.07, 6.45) is 1.27. The number of benzene rings is 1. The summed E-state index contributed by atoms with van der Waals surface area (Å²) in [6.45, 7) is 2.41. The highest BCUT2D eigenvalue weighted by atomic mass is 16.5. The number of hydrogen-bond acceptors (Lipinski definition) is 6. The van der Waals surface area contributed by atoms with Gasteiger partial charge in [0.1, 0.15) is 0 Å². The number of carbonyl (C=O) groups excluding carboxylic acids is 1. The molecule has 0 aliphatic rings. The number of ether oxygens (including phenoxy) is 1. The molecular formula is C16H23N5O3. The Bertz CT molecular complexity index is 630. The summed E-state index contributed by atoms with van der Waals surface area (Å²) in [4.78, 5) is 16.3. The molecule has 0 bridgehead atoms. The Balaban J connectivity index is 2.03. The first-order chi connectivity index (χ1) is 11.6. The van der Waals surface area contributed by atoms with Gasteiger partial charge in [-0.3, -0.25) is 0 Å². The van der Waals surface area contributed by atoms with Gasteiger partial charge in [0.15, 0.2) is 0 Å². The number of hydrogen-bond donors (Lipinski definition) is 1. The van der Waals surface area contributed by atoms with E-state index in [0.717, 1.165) is 12.1 Å². The van der Waals surface area contributed by atoms with Gasteiger partial charge in [0.25, 0.3) is 0 Å². The summed E-state index contributed by atoms with van der Waals surface area (Å²) in [5.41, 5.74) is 1.42. The monoisotopic (exact) mass is 333 g/mol. The Morgan fingerprint density at radius 2 is 2.12 bits per heavy atom. The second-order valence-corrected chi connectivity index (χ2v) is 5.54. The van der Waals surface area contributed by atoms with E-state index in [9.17, 15) is 4.79 Å². The van der Waals surface area contributed by atoms with Crippen LogP contribution in [0, 0.1) is 0 Å². The van der Waals surface area contributed by atoms with Gasteiger partial charge in [0.05, 0.1) is 6.61 Å². The minimum Gasteiger partial charge on any atom is -0.423 e. The van der Waals surface area contributed by atoms with Crippen LogP contribution < -0.4 is 5.32 Å². The number of urea groups is 1. The van der Waals surface area contributed by atoms with Crippen LogP contribution in [0.25, 0.3) is 11.5 Å². The van der Waals surface area contributed by atoms with Crippen molar-refractivity contribution in [1.82, 2.24) is 20.0 Å². The SMILES string of the molecule is COCCN(CCN(C)C)C(=O)Nc1cccc(-c2nnco2)c1. The highest BCUT2D eigenvalue weighted by molar-refractivity contribution is 5.90. The van der Waals surface area contributed by atoms with E-state index < -0.39 is 0 Å². The molecule has 0 unspecified atom stereocenters. The lowest BCUT2D eigenvalue weighted by Crippen LogP contribution is -2.41. The van der Waals surface area contributed by atoms with Gasteiger partial charge in [-0.15, -0.1) is 10.2 Å². The maximum absolute atomic E-state index is 12.5. The van der Waals surface area contributed by atoms with Crippen LogP contribution in [0.5, 0.6) is 0 Å². The molecule has 0 aliphatic carbocycles. The van der Waals surface area contributed by atoms with Crippen LogP contribution in [0.15, 0.2) is 35.1 Å². The molecule has 0 spiro atoms.